The summed E-state index contributed by atoms with van der Waals surface area (Å²) in [5.41, 5.74) is 16.1. The summed E-state index contributed by atoms with van der Waals surface area (Å²) in [7, 11) is 3.98. The number of aryl methyl sites for hydroxylation is 6. The van der Waals surface area contributed by atoms with E-state index in [1.807, 2.05) is 23.5 Å². The van der Waals surface area contributed by atoms with E-state index in [0.29, 0.717) is 36.5 Å². The number of hydrogen-bond donors (Lipinski definition) is 3. The molecule has 0 radical (unpaired) electrons. The average Bonchev–Trinajstić information content (AvgIpc) is 4.13. The van der Waals surface area contributed by atoms with Gasteiger partial charge in [0.2, 0.25) is 11.6 Å². The molecule has 16 heteroatoms. The number of carbonyl (C=O) groups is 2. The van der Waals surface area contributed by atoms with Crippen LogP contribution in [0.25, 0.3) is 45.9 Å². The maximum atomic E-state index is 11.2. The van der Waals surface area contributed by atoms with E-state index in [-0.39, 0.29) is 16.7 Å². The topological polar surface area (TPSA) is 203 Å². The molecule has 0 amide bonds. The molecule has 2 atom stereocenters. The van der Waals surface area contributed by atoms with Crippen LogP contribution in [0.5, 0.6) is 0 Å². The fourth-order valence-corrected chi connectivity index (χ4v) is 10.4. The Morgan fingerprint density at radius 1 is 0.750 bits per heavy atom. The molecule has 1 aliphatic heterocycles. The molecule has 0 bridgehead atoms. The van der Waals surface area contributed by atoms with Gasteiger partial charge >= 0.3 is 11.9 Å². The van der Waals surface area contributed by atoms with Crippen LogP contribution in [0.4, 0.5) is 0 Å². The smallest absolute Gasteiger partial charge is 0.320 e. The van der Waals surface area contributed by atoms with Gasteiger partial charge in [0.1, 0.15) is 6.04 Å². The van der Waals surface area contributed by atoms with Gasteiger partial charge in [-0.1, -0.05) is 38.0 Å². The Hall–Kier alpha value is -6.00. The third kappa shape index (κ3) is 10.4. The number of nitrogens with one attached hydrogen (secondary N) is 1. The first-order chi connectivity index (χ1) is 32.2. The quantitative estimate of drug-likeness (QED) is 0.100. The second-order valence-electron chi connectivity index (χ2n) is 21.1. The van der Waals surface area contributed by atoms with Gasteiger partial charge in [-0.15, -0.1) is 0 Å². The monoisotopic (exact) mass is 929 g/mol. The molecule has 4 aromatic heterocycles. The molecule has 1 fully saturated rings. The SMILES string of the molecule is Cc1cc(-c2noc(-c3nn(C)c4c3CCC(C)(C)C4)n2)cc(C)c1CCN1CC[C@H](C(=O)O)C1.Cc1cc(-c2noc(-c3nn(C)c4c3CCC(C)(C)C4)n2)cc(C)c1CCN[C@@H](C)C(=O)O. The molecule has 16 nitrogen and oxygen atoms in total. The van der Waals surface area contributed by atoms with Gasteiger partial charge in [-0.25, -0.2) is 0 Å². The summed E-state index contributed by atoms with van der Waals surface area (Å²) in [4.78, 5) is 33.9. The normalized spacial score (nSPS) is 17.9. The summed E-state index contributed by atoms with van der Waals surface area (Å²) >= 11 is 0. The first kappa shape index (κ1) is 48.5. The van der Waals surface area contributed by atoms with E-state index >= 15 is 0 Å². The minimum atomic E-state index is -0.843. The van der Waals surface area contributed by atoms with E-state index in [1.54, 1.807) is 6.92 Å². The molecule has 0 unspecified atom stereocenters. The van der Waals surface area contributed by atoms with Crippen molar-refractivity contribution in [2.75, 3.05) is 26.2 Å². The van der Waals surface area contributed by atoms with Crippen LogP contribution >= 0.6 is 0 Å². The van der Waals surface area contributed by atoms with Gasteiger partial charge in [-0.2, -0.15) is 20.2 Å². The van der Waals surface area contributed by atoms with E-state index in [1.165, 1.54) is 44.8 Å². The highest BCUT2D eigenvalue weighted by molar-refractivity contribution is 5.73. The lowest BCUT2D eigenvalue weighted by Gasteiger charge is -2.29. The first-order valence-electron chi connectivity index (χ1n) is 24.1. The number of carboxylic acids is 2. The molecule has 0 spiro atoms. The van der Waals surface area contributed by atoms with Gasteiger partial charge in [-0.05, 0) is 174 Å². The molecular weight excluding hydrogens is 861 g/mol. The molecule has 6 aromatic rings. The zero-order valence-electron chi connectivity index (χ0n) is 41.7. The first-order valence-corrected chi connectivity index (χ1v) is 24.1. The van der Waals surface area contributed by atoms with E-state index in [2.05, 4.69) is 100 Å². The van der Waals surface area contributed by atoms with Crippen LogP contribution in [0, 0.1) is 44.4 Å². The lowest BCUT2D eigenvalue weighted by molar-refractivity contribution is -0.141. The van der Waals surface area contributed by atoms with Crippen molar-refractivity contribution in [3.8, 4) is 45.9 Å². The van der Waals surface area contributed by atoms with Crippen molar-refractivity contribution < 1.29 is 28.8 Å². The standard InChI is InChI=1S/C27H35N5O3.C25H33N5O3/c1-16-12-19(13-17(2)20(16)8-11-32-10-7-18(15-32)26(33)34)24-28-25(35-30-24)23-21-6-9-27(3,4)14-22(21)31(5)29-23;1-14-11-17(12-15(2)18(14)8-10-26-16(3)24(31)32)22-27-23(33-29-22)21-19-7-9-25(4,5)13-20(19)30(6)28-21/h12-13,18H,6-11,14-15H2,1-5H3,(H,33,34);11-12,16,26H,7-10,13H2,1-6H3,(H,31,32)/t18-;16-/m00/s1. The van der Waals surface area contributed by atoms with Crippen LogP contribution in [-0.2, 0) is 62.2 Å². The molecule has 2 aromatic carbocycles. The number of nitrogens with zero attached hydrogens (tertiary/aromatic N) is 9. The summed E-state index contributed by atoms with van der Waals surface area (Å²) in [6.07, 6.45) is 8.55. The predicted octanol–water partition coefficient (Wildman–Crippen LogP) is 8.09. The van der Waals surface area contributed by atoms with Gasteiger partial charge in [0.25, 0.3) is 11.8 Å². The number of aliphatic carboxylic acids is 2. The predicted molar refractivity (Wildman–Crippen MR) is 259 cm³/mol. The van der Waals surface area contributed by atoms with Crippen LogP contribution in [-0.4, -0.2) is 99.1 Å². The molecular formula is C52H68N10O6. The lowest BCUT2D eigenvalue weighted by Crippen LogP contribution is -2.35. The van der Waals surface area contributed by atoms with Crippen molar-refractivity contribution in [3.05, 3.63) is 80.2 Å². The highest BCUT2D eigenvalue weighted by Crippen LogP contribution is 2.40. The average molecular weight is 929 g/mol. The molecule has 362 valence electrons. The Morgan fingerprint density at radius 3 is 1.63 bits per heavy atom. The highest BCUT2D eigenvalue weighted by Gasteiger charge is 2.34. The molecule has 5 heterocycles. The zero-order chi connectivity index (χ0) is 48.8. The number of rotatable bonds is 13. The van der Waals surface area contributed by atoms with Gasteiger partial charge < -0.3 is 29.5 Å². The third-order valence-corrected chi connectivity index (χ3v) is 14.6. The minimum Gasteiger partial charge on any atom is -0.481 e. The Bertz CT molecular complexity index is 2800. The van der Waals surface area contributed by atoms with Crippen LogP contribution < -0.4 is 5.32 Å². The number of carboxylic acid groups (broad SMARTS) is 2. The van der Waals surface area contributed by atoms with Crippen molar-refractivity contribution in [1.29, 1.82) is 0 Å². The lowest BCUT2D eigenvalue weighted by atomic mass is 9.76. The van der Waals surface area contributed by atoms with Crippen LogP contribution in [0.3, 0.4) is 0 Å². The summed E-state index contributed by atoms with van der Waals surface area (Å²) in [6, 6.07) is 7.81. The Balaban J connectivity index is 0.000000184. The van der Waals surface area contributed by atoms with Crippen molar-refractivity contribution >= 4 is 11.9 Å². The number of fused-ring (bicyclic) bond motifs is 2. The second-order valence-corrected chi connectivity index (χ2v) is 21.1. The summed E-state index contributed by atoms with van der Waals surface area (Å²) in [5.74, 6) is 0.324. The largest absolute Gasteiger partial charge is 0.481 e. The molecule has 3 N–H and O–H groups in total. The third-order valence-electron chi connectivity index (χ3n) is 14.6. The molecule has 3 aliphatic rings. The molecule has 68 heavy (non-hydrogen) atoms. The van der Waals surface area contributed by atoms with Gasteiger partial charge in [0.15, 0.2) is 11.4 Å². The summed E-state index contributed by atoms with van der Waals surface area (Å²) < 4.78 is 15.3. The van der Waals surface area contributed by atoms with Crippen molar-refractivity contribution in [2.24, 2.45) is 30.8 Å². The Morgan fingerprint density at radius 2 is 1.21 bits per heavy atom. The Kier molecular flexibility index (Phi) is 13.7. The number of aromatic nitrogens is 8. The van der Waals surface area contributed by atoms with E-state index in [0.717, 1.165) is 105 Å². The van der Waals surface area contributed by atoms with Gasteiger partial charge in [0, 0.05) is 60.8 Å². The summed E-state index contributed by atoms with van der Waals surface area (Å²) in [5, 5.41) is 39.3. The maximum Gasteiger partial charge on any atom is 0.320 e. The number of benzene rings is 2. The van der Waals surface area contributed by atoms with Crippen LogP contribution in [0.1, 0.15) is 110 Å². The minimum absolute atomic E-state index is 0.233. The fourth-order valence-electron chi connectivity index (χ4n) is 10.4. The van der Waals surface area contributed by atoms with Gasteiger partial charge in [-0.3, -0.25) is 19.0 Å². The van der Waals surface area contributed by atoms with E-state index in [4.69, 9.17) is 34.3 Å². The van der Waals surface area contributed by atoms with Crippen molar-refractivity contribution in [3.63, 3.8) is 0 Å². The van der Waals surface area contributed by atoms with Gasteiger partial charge in [0.05, 0.1) is 5.92 Å². The van der Waals surface area contributed by atoms with Crippen molar-refractivity contribution in [1.82, 2.24) is 50.1 Å². The number of likely N-dealkylation sites (tertiary alicyclic amines) is 1. The van der Waals surface area contributed by atoms with Crippen LogP contribution in [0.2, 0.25) is 0 Å². The fraction of sp³-hybridized carbons (Fsp3) is 0.538. The maximum absolute atomic E-state index is 11.2. The second kappa shape index (κ2) is 19.2. The van der Waals surface area contributed by atoms with E-state index < -0.39 is 18.0 Å². The van der Waals surface area contributed by atoms with Crippen molar-refractivity contribution in [2.45, 2.75) is 126 Å². The van der Waals surface area contributed by atoms with E-state index in [9.17, 15) is 14.7 Å². The molecule has 1 saturated heterocycles. The molecule has 9 rings (SSSR count). The Labute approximate surface area is 398 Å². The summed E-state index contributed by atoms with van der Waals surface area (Å²) in [6.45, 7) is 22.2. The molecule has 2 aliphatic carbocycles. The van der Waals surface area contributed by atoms with Crippen LogP contribution in [0.15, 0.2) is 33.3 Å². The molecule has 0 saturated carbocycles. The number of hydrogen-bond acceptors (Lipinski definition) is 12. The zero-order valence-corrected chi connectivity index (χ0v) is 41.7. The highest BCUT2D eigenvalue weighted by atomic mass is 16.5.